The smallest absolute Gasteiger partial charge is 0.177 e. The van der Waals surface area contributed by atoms with Gasteiger partial charge in [0.2, 0.25) is 0 Å². The highest BCUT2D eigenvalue weighted by Crippen LogP contribution is 2.24. The van der Waals surface area contributed by atoms with Gasteiger partial charge in [-0.2, -0.15) is 0 Å². The molecule has 0 radical (unpaired) electrons. The third-order valence-corrected chi connectivity index (χ3v) is 11.5. The molecule has 0 aliphatic heterocycles. The Morgan fingerprint density at radius 3 is 1.48 bits per heavy atom. The Kier molecular flexibility index (Phi) is 6.47. The molecule has 0 aromatic heterocycles. The average Bonchev–Trinajstić information content (AvgIpc) is 2.35. The monoisotopic (exact) mass is 470 g/mol. The minimum absolute atomic E-state index is 1.06. The molecule has 0 aliphatic carbocycles. The third-order valence-electron chi connectivity index (χ3n) is 3.59. The average molecular weight is 472 g/mol. The van der Waals surface area contributed by atoms with Crippen molar-refractivity contribution in [3.8, 4) is 0 Å². The molecular formula is C18H24Br2OSi2. The minimum atomic E-state index is -1.74. The van der Waals surface area contributed by atoms with E-state index in [2.05, 4.69) is 107 Å². The second kappa shape index (κ2) is 7.78. The van der Waals surface area contributed by atoms with Crippen LogP contribution in [0.5, 0.6) is 0 Å². The molecule has 0 aliphatic rings. The van der Waals surface area contributed by atoms with Gasteiger partial charge in [0.15, 0.2) is 16.6 Å². The fraction of sp³-hybridized carbons (Fsp3) is 0.333. The van der Waals surface area contributed by atoms with Gasteiger partial charge in [-0.15, -0.1) is 0 Å². The van der Waals surface area contributed by atoms with Gasteiger partial charge in [0, 0.05) is 8.95 Å². The lowest BCUT2D eigenvalue weighted by Crippen LogP contribution is -2.47. The molecule has 2 rings (SSSR count). The van der Waals surface area contributed by atoms with Crippen LogP contribution in [0.15, 0.2) is 57.5 Å². The fourth-order valence-electron chi connectivity index (χ4n) is 3.10. The molecule has 0 bridgehead atoms. The zero-order chi connectivity index (χ0) is 17.1. The van der Waals surface area contributed by atoms with Gasteiger partial charge in [-0.1, -0.05) is 56.1 Å². The Bertz CT molecular complexity index is 614. The first-order valence-corrected chi connectivity index (χ1v) is 15.7. The number of rotatable bonds is 6. The summed E-state index contributed by atoms with van der Waals surface area (Å²) in [5.41, 5.74) is 2.73. The van der Waals surface area contributed by atoms with E-state index in [-0.39, 0.29) is 0 Å². The van der Waals surface area contributed by atoms with Gasteiger partial charge in [0.1, 0.15) is 0 Å². The number of halogens is 2. The van der Waals surface area contributed by atoms with Gasteiger partial charge in [-0.3, -0.25) is 0 Å². The highest BCUT2D eigenvalue weighted by molar-refractivity contribution is 9.10. The quantitative estimate of drug-likeness (QED) is 0.436. The summed E-state index contributed by atoms with van der Waals surface area (Å²) in [5, 5.41) is 0. The summed E-state index contributed by atoms with van der Waals surface area (Å²) in [6, 6.07) is 19.3. The number of hydrogen-bond donors (Lipinski definition) is 0. The van der Waals surface area contributed by atoms with Crippen LogP contribution in [0.1, 0.15) is 11.1 Å². The highest BCUT2D eigenvalue weighted by Gasteiger charge is 2.33. The van der Waals surface area contributed by atoms with E-state index in [1.54, 1.807) is 0 Å². The van der Waals surface area contributed by atoms with Crippen molar-refractivity contribution in [1.82, 2.24) is 0 Å². The van der Waals surface area contributed by atoms with E-state index >= 15 is 0 Å². The zero-order valence-corrected chi connectivity index (χ0v) is 19.4. The first-order valence-electron chi connectivity index (χ1n) is 7.84. The molecule has 23 heavy (non-hydrogen) atoms. The molecule has 1 nitrogen and oxygen atoms in total. The number of hydrogen-bond acceptors (Lipinski definition) is 1. The van der Waals surface area contributed by atoms with Gasteiger partial charge in [0.05, 0.1) is 0 Å². The molecule has 124 valence electrons. The van der Waals surface area contributed by atoms with E-state index in [1.165, 1.54) is 11.1 Å². The third kappa shape index (κ3) is 6.66. The maximum Gasteiger partial charge on any atom is 0.177 e. The largest absolute Gasteiger partial charge is 0.455 e. The van der Waals surface area contributed by atoms with Crippen LogP contribution < -0.4 is 0 Å². The van der Waals surface area contributed by atoms with Gasteiger partial charge < -0.3 is 4.12 Å². The van der Waals surface area contributed by atoms with Crippen molar-refractivity contribution in [2.45, 2.75) is 38.3 Å². The van der Waals surface area contributed by atoms with Crippen molar-refractivity contribution in [3.05, 3.63) is 68.6 Å². The van der Waals surface area contributed by atoms with Gasteiger partial charge in [0.25, 0.3) is 0 Å². The summed E-state index contributed by atoms with van der Waals surface area (Å²) in [6.07, 6.45) is 0. The van der Waals surface area contributed by atoms with Crippen LogP contribution in [0.4, 0.5) is 0 Å². The molecule has 0 atom stereocenters. The van der Waals surface area contributed by atoms with E-state index in [4.69, 9.17) is 4.12 Å². The van der Waals surface area contributed by atoms with Crippen molar-refractivity contribution in [1.29, 1.82) is 0 Å². The Labute approximate surface area is 159 Å². The zero-order valence-electron chi connectivity index (χ0n) is 14.2. The molecule has 0 amide bonds. The van der Waals surface area contributed by atoms with E-state index < -0.39 is 16.6 Å². The normalized spacial score (nSPS) is 12.4. The molecule has 0 fully saturated rings. The fourth-order valence-corrected chi connectivity index (χ4v) is 13.0. The topological polar surface area (TPSA) is 9.23 Å². The van der Waals surface area contributed by atoms with E-state index in [0.717, 1.165) is 21.0 Å². The second-order valence-electron chi connectivity index (χ2n) is 7.23. The molecular weight excluding hydrogens is 448 g/mol. The highest BCUT2D eigenvalue weighted by atomic mass is 79.9. The van der Waals surface area contributed by atoms with Crippen LogP contribution >= 0.6 is 31.9 Å². The lowest BCUT2D eigenvalue weighted by molar-refractivity contribution is 0.537. The Hall–Kier alpha value is -0.206. The maximum absolute atomic E-state index is 6.76. The lowest BCUT2D eigenvalue weighted by atomic mass is 10.2. The molecule has 2 aromatic carbocycles. The van der Waals surface area contributed by atoms with Crippen LogP contribution in [-0.4, -0.2) is 16.6 Å². The first kappa shape index (κ1) is 19.1. The molecule has 0 heterocycles. The molecule has 0 saturated heterocycles. The van der Waals surface area contributed by atoms with E-state index in [0.29, 0.717) is 0 Å². The maximum atomic E-state index is 6.76. The van der Waals surface area contributed by atoms with Crippen LogP contribution in [0.3, 0.4) is 0 Å². The molecule has 2 aromatic rings. The van der Waals surface area contributed by atoms with Crippen molar-refractivity contribution >= 4 is 48.5 Å². The Balaban J connectivity index is 2.05. The summed E-state index contributed by atoms with van der Waals surface area (Å²) in [7, 11) is -3.48. The summed E-state index contributed by atoms with van der Waals surface area (Å²) in [6.45, 7) is 9.35. The standard InChI is InChI=1S/C18H24Br2OSi2/c1-22(2,13-15-7-5-9-17(19)11-15)21-23(3,4)14-16-8-6-10-18(20)12-16/h5-12H,13-14H2,1-4H3. The van der Waals surface area contributed by atoms with Gasteiger partial charge >= 0.3 is 0 Å². The van der Waals surface area contributed by atoms with Crippen molar-refractivity contribution < 1.29 is 4.12 Å². The number of benzene rings is 2. The van der Waals surface area contributed by atoms with Crippen molar-refractivity contribution in [2.24, 2.45) is 0 Å². The molecule has 0 unspecified atom stereocenters. The van der Waals surface area contributed by atoms with E-state index in [1.807, 2.05) is 0 Å². The Morgan fingerprint density at radius 1 is 0.739 bits per heavy atom. The predicted octanol–water partition coefficient (Wildman–Crippen LogP) is 6.50. The first-order chi connectivity index (χ1) is 10.7. The minimum Gasteiger partial charge on any atom is -0.455 e. The van der Waals surface area contributed by atoms with Gasteiger partial charge in [-0.05, 0) is 73.7 Å². The molecule has 0 spiro atoms. The van der Waals surface area contributed by atoms with Crippen molar-refractivity contribution in [3.63, 3.8) is 0 Å². The van der Waals surface area contributed by atoms with E-state index in [9.17, 15) is 0 Å². The van der Waals surface area contributed by atoms with Crippen LogP contribution in [0.2, 0.25) is 26.2 Å². The Morgan fingerprint density at radius 2 is 1.13 bits per heavy atom. The summed E-state index contributed by atoms with van der Waals surface area (Å²) in [4.78, 5) is 0. The summed E-state index contributed by atoms with van der Waals surface area (Å²) < 4.78 is 9.05. The summed E-state index contributed by atoms with van der Waals surface area (Å²) in [5.74, 6) is 0. The lowest BCUT2D eigenvalue weighted by Gasteiger charge is -2.34. The van der Waals surface area contributed by atoms with Crippen molar-refractivity contribution in [2.75, 3.05) is 0 Å². The molecule has 0 N–H and O–H groups in total. The SMILES string of the molecule is C[Si](C)(Cc1cccc(Br)c1)O[Si](C)(C)Cc1cccc(Br)c1. The van der Waals surface area contributed by atoms with Crippen LogP contribution in [-0.2, 0) is 16.2 Å². The van der Waals surface area contributed by atoms with Gasteiger partial charge in [-0.25, -0.2) is 0 Å². The van der Waals surface area contributed by atoms with Crippen LogP contribution in [0, 0.1) is 0 Å². The van der Waals surface area contributed by atoms with Crippen LogP contribution in [0.25, 0.3) is 0 Å². The predicted molar refractivity (Wildman–Crippen MR) is 112 cm³/mol. The molecule has 0 saturated carbocycles. The summed E-state index contributed by atoms with van der Waals surface area (Å²) >= 11 is 7.12. The second-order valence-corrected chi connectivity index (χ2v) is 17.6. The molecule has 5 heteroatoms.